The monoisotopic (exact) mass is 587 g/mol. The van der Waals surface area contributed by atoms with Crippen LogP contribution in [0.5, 0.6) is 0 Å². The van der Waals surface area contributed by atoms with E-state index in [1.807, 2.05) is 0 Å². The first-order valence-corrected chi connectivity index (χ1v) is 13.6. The summed E-state index contributed by atoms with van der Waals surface area (Å²) in [7, 11) is 0. The lowest BCUT2D eigenvalue weighted by molar-refractivity contribution is -0.160. The second kappa shape index (κ2) is 9.99. The van der Waals surface area contributed by atoms with Crippen molar-refractivity contribution >= 4 is 23.6 Å². The molecule has 0 spiro atoms. The number of nitrogens with two attached hydrogens (primary N) is 1. The summed E-state index contributed by atoms with van der Waals surface area (Å²) in [5.41, 5.74) is 2.72. The highest BCUT2D eigenvalue weighted by Crippen LogP contribution is 2.69. The fraction of sp³-hybridized carbons (Fsp3) is 0.483. The molecule has 0 radical (unpaired) electrons. The molecule has 3 aromatic rings. The third-order valence-electron chi connectivity index (χ3n) is 7.51. The summed E-state index contributed by atoms with van der Waals surface area (Å²) >= 11 is 0. The van der Waals surface area contributed by atoms with Crippen molar-refractivity contribution in [1.82, 2.24) is 14.9 Å². The molecule has 1 aromatic carbocycles. The number of anilines is 1. The summed E-state index contributed by atoms with van der Waals surface area (Å²) in [6, 6.07) is 3.62. The van der Waals surface area contributed by atoms with Gasteiger partial charge in [-0.1, -0.05) is 11.2 Å². The van der Waals surface area contributed by atoms with E-state index in [4.69, 9.17) is 15.0 Å². The van der Waals surface area contributed by atoms with Crippen LogP contribution in [-0.2, 0) is 27.8 Å². The van der Waals surface area contributed by atoms with Gasteiger partial charge in [0.05, 0.1) is 12.1 Å². The second-order valence-corrected chi connectivity index (χ2v) is 12.5. The van der Waals surface area contributed by atoms with Crippen LogP contribution in [0.2, 0.25) is 0 Å². The molecule has 3 aliphatic rings. The Hall–Kier alpha value is -4.16. The molecule has 224 valence electrons. The maximum Gasteiger partial charge on any atom is 0.413 e. The number of aromatic nitrogens is 3. The second-order valence-electron chi connectivity index (χ2n) is 12.5. The largest absolute Gasteiger partial charge is 0.444 e. The first-order chi connectivity index (χ1) is 19.5. The summed E-state index contributed by atoms with van der Waals surface area (Å²) in [5.74, 6) is -3.99. The lowest BCUT2D eigenvalue weighted by Gasteiger charge is -2.64. The van der Waals surface area contributed by atoms with Crippen LogP contribution in [-0.4, -0.2) is 44.0 Å². The molecule has 6 rings (SSSR count). The number of nitrogens with zero attached hydrogens (tertiary/aromatic N) is 3. The van der Waals surface area contributed by atoms with Gasteiger partial charge in [0.2, 0.25) is 0 Å². The smallest absolute Gasteiger partial charge is 0.413 e. The molecule has 0 unspecified atom stereocenters. The number of ketones is 1. The van der Waals surface area contributed by atoms with Crippen molar-refractivity contribution in [2.75, 3.05) is 5.32 Å². The Balaban J connectivity index is 1.38. The summed E-state index contributed by atoms with van der Waals surface area (Å²) in [5, 5.41) is 10.7. The zero-order valence-electron chi connectivity index (χ0n) is 23.9. The van der Waals surface area contributed by atoms with E-state index in [0.717, 1.165) is 0 Å². The van der Waals surface area contributed by atoms with Crippen LogP contribution in [0.15, 0.2) is 22.7 Å². The van der Waals surface area contributed by atoms with E-state index < -0.39 is 53.2 Å². The average molecular weight is 588 g/mol. The molecular formula is C29H32F3N5O5. The number of ether oxygens (including phenoxy) is 1. The van der Waals surface area contributed by atoms with Crippen LogP contribution in [0.1, 0.15) is 87.3 Å². The number of hydrogen-bond acceptors (Lipinski definition) is 7. The molecule has 2 bridgehead atoms. The SMILES string of the molecule is CC(C)n1nc(-c2ccc(CC(=O)Cc3cc(C45CC(F)(C4)C5)no3)c(F)c2F)c(C(N)=O)c1NC(=O)OC(C)(C)C. The van der Waals surface area contributed by atoms with Crippen LogP contribution < -0.4 is 11.1 Å². The Bertz CT molecular complexity index is 1580. The van der Waals surface area contributed by atoms with Gasteiger partial charge in [0.15, 0.2) is 11.6 Å². The van der Waals surface area contributed by atoms with Crippen molar-refractivity contribution in [3.8, 4) is 11.3 Å². The number of rotatable bonds is 9. The highest BCUT2D eigenvalue weighted by atomic mass is 19.2. The number of carbonyl (C=O) groups excluding carboxylic acids is 3. The number of primary amides is 1. The van der Waals surface area contributed by atoms with Gasteiger partial charge >= 0.3 is 6.09 Å². The predicted octanol–water partition coefficient (Wildman–Crippen LogP) is 5.34. The van der Waals surface area contributed by atoms with Crippen molar-refractivity contribution in [3.05, 3.63) is 52.4 Å². The Morgan fingerprint density at radius 1 is 1.14 bits per heavy atom. The van der Waals surface area contributed by atoms with E-state index in [9.17, 15) is 18.8 Å². The fourth-order valence-corrected chi connectivity index (χ4v) is 5.71. The molecule has 0 aliphatic heterocycles. The molecule has 0 saturated heterocycles. The molecule has 2 heterocycles. The van der Waals surface area contributed by atoms with Gasteiger partial charge < -0.3 is 15.0 Å². The number of Topliss-reactive ketones (excluding diaryl/α,β-unsaturated/α-hetero) is 1. The van der Waals surface area contributed by atoms with Gasteiger partial charge in [-0.15, -0.1) is 0 Å². The molecule has 2 amide bonds. The Morgan fingerprint density at radius 2 is 1.81 bits per heavy atom. The third-order valence-corrected chi connectivity index (χ3v) is 7.51. The van der Waals surface area contributed by atoms with Crippen LogP contribution in [0.4, 0.5) is 23.8 Å². The number of amides is 2. The van der Waals surface area contributed by atoms with E-state index in [-0.39, 0.29) is 45.8 Å². The summed E-state index contributed by atoms with van der Waals surface area (Å²) in [4.78, 5) is 37.7. The van der Waals surface area contributed by atoms with E-state index in [2.05, 4.69) is 15.6 Å². The normalized spacial score (nSPS) is 21.1. The minimum atomic E-state index is -1.34. The molecule has 3 saturated carbocycles. The van der Waals surface area contributed by atoms with Crippen molar-refractivity contribution < 1.29 is 36.8 Å². The molecular weight excluding hydrogens is 555 g/mol. The first kappa shape index (κ1) is 29.3. The first-order valence-electron chi connectivity index (χ1n) is 13.6. The lowest BCUT2D eigenvalue weighted by Crippen LogP contribution is -2.67. The van der Waals surface area contributed by atoms with Gasteiger partial charge in [-0.3, -0.25) is 14.9 Å². The highest BCUT2D eigenvalue weighted by Gasteiger charge is 2.71. The van der Waals surface area contributed by atoms with Gasteiger partial charge in [-0.05, 0) is 65.5 Å². The Labute approximate surface area is 239 Å². The molecule has 3 N–H and O–H groups in total. The highest BCUT2D eigenvalue weighted by molar-refractivity contribution is 6.06. The Kier molecular flexibility index (Phi) is 6.97. The number of halogens is 3. The van der Waals surface area contributed by atoms with Crippen molar-refractivity contribution in [2.24, 2.45) is 5.73 Å². The minimum absolute atomic E-state index is 0.132. The number of carbonyl (C=O) groups is 3. The molecule has 10 nitrogen and oxygen atoms in total. The van der Waals surface area contributed by atoms with Crippen LogP contribution in [0.3, 0.4) is 0 Å². The van der Waals surface area contributed by atoms with Crippen molar-refractivity contribution in [3.63, 3.8) is 0 Å². The molecule has 3 fully saturated rings. The van der Waals surface area contributed by atoms with Crippen LogP contribution in [0.25, 0.3) is 11.3 Å². The van der Waals surface area contributed by atoms with Crippen molar-refractivity contribution in [1.29, 1.82) is 0 Å². The van der Waals surface area contributed by atoms with Gasteiger partial charge in [-0.2, -0.15) is 5.10 Å². The van der Waals surface area contributed by atoms with Gasteiger partial charge in [0.1, 0.15) is 39.9 Å². The minimum Gasteiger partial charge on any atom is -0.444 e. The van der Waals surface area contributed by atoms with Gasteiger partial charge in [-0.25, -0.2) is 22.6 Å². The molecule has 42 heavy (non-hydrogen) atoms. The molecule has 3 aliphatic carbocycles. The molecule has 0 atom stereocenters. The number of nitrogens with one attached hydrogen (secondary N) is 1. The quantitative estimate of drug-likeness (QED) is 0.344. The topological polar surface area (TPSA) is 142 Å². The predicted molar refractivity (Wildman–Crippen MR) is 145 cm³/mol. The van der Waals surface area contributed by atoms with Gasteiger partial charge in [0.25, 0.3) is 5.91 Å². The molecule has 2 aromatic heterocycles. The fourth-order valence-electron chi connectivity index (χ4n) is 5.71. The zero-order chi connectivity index (χ0) is 30.8. The van der Waals surface area contributed by atoms with E-state index >= 15 is 8.78 Å². The van der Waals surface area contributed by atoms with Crippen LogP contribution in [0, 0.1) is 11.6 Å². The van der Waals surface area contributed by atoms with Crippen LogP contribution >= 0.6 is 0 Å². The van der Waals surface area contributed by atoms with Gasteiger partial charge in [0, 0.05) is 29.5 Å². The summed E-state index contributed by atoms with van der Waals surface area (Å²) in [6.07, 6.45) is -0.357. The third kappa shape index (κ3) is 5.27. The summed E-state index contributed by atoms with van der Waals surface area (Å²) in [6.45, 7) is 8.37. The lowest BCUT2D eigenvalue weighted by atomic mass is 9.41. The molecule has 13 heteroatoms. The number of benzene rings is 1. The van der Waals surface area contributed by atoms with E-state index in [1.165, 1.54) is 16.8 Å². The maximum atomic E-state index is 15.5. The van der Waals surface area contributed by atoms with E-state index in [0.29, 0.717) is 25.0 Å². The standard InChI is InChI=1S/C29H32F3N5O5/c1-14(2)37-25(34-26(40)41-27(3,4)5)20(24(33)39)23(35-37)18-7-6-15(21(30)22(18)31)8-16(38)9-17-10-19(36-42-17)28-11-29(32,12-28)13-28/h6-7,10,14H,8-9,11-13H2,1-5H3,(H2,33,39)(H,34,40). The summed E-state index contributed by atoms with van der Waals surface area (Å²) < 4.78 is 56.3. The number of alkyl halides is 1. The Morgan fingerprint density at radius 3 is 2.38 bits per heavy atom. The average Bonchev–Trinajstić information content (AvgIpc) is 3.43. The van der Waals surface area contributed by atoms with Crippen molar-refractivity contribution in [2.45, 2.75) is 89.4 Å². The maximum absolute atomic E-state index is 15.5. The van der Waals surface area contributed by atoms with E-state index in [1.54, 1.807) is 40.7 Å². The zero-order valence-corrected chi connectivity index (χ0v) is 23.9. The number of hydrogen-bond donors (Lipinski definition) is 2.